The molecule has 0 atom stereocenters. The molecule has 5 heteroatoms. The van der Waals surface area contributed by atoms with E-state index in [0.717, 1.165) is 0 Å². The highest BCUT2D eigenvalue weighted by Crippen LogP contribution is 2.27. The predicted molar refractivity (Wildman–Crippen MR) is 67.4 cm³/mol. The van der Waals surface area contributed by atoms with Crippen LogP contribution >= 0.6 is 0 Å². The minimum atomic E-state index is -0.994. The molecule has 0 saturated carbocycles. The first-order valence-corrected chi connectivity index (χ1v) is 5.64. The lowest BCUT2D eigenvalue weighted by Crippen LogP contribution is -2.24. The maximum Gasteiger partial charge on any atom is 0.339 e. The van der Waals surface area contributed by atoms with Gasteiger partial charge in [0, 0.05) is 6.20 Å². The quantitative estimate of drug-likeness (QED) is 0.882. The molecule has 1 N–H and O–H groups in total. The van der Waals surface area contributed by atoms with Crippen LogP contribution in [0.25, 0.3) is 11.4 Å². The van der Waals surface area contributed by atoms with E-state index in [-0.39, 0.29) is 11.1 Å². The average molecular weight is 245 g/mol. The van der Waals surface area contributed by atoms with Crippen LogP contribution in [0.2, 0.25) is 0 Å². The molecule has 0 bridgehead atoms. The Morgan fingerprint density at radius 1 is 1.33 bits per heavy atom. The van der Waals surface area contributed by atoms with E-state index in [0.29, 0.717) is 11.4 Å². The van der Waals surface area contributed by atoms with Gasteiger partial charge in [-0.1, -0.05) is 6.07 Å². The summed E-state index contributed by atoms with van der Waals surface area (Å²) < 4.78 is 1.69. The molecule has 2 heterocycles. The van der Waals surface area contributed by atoms with Crippen molar-refractivity contribution in [2.45, 2.75) is 26.3 Å². The van der Waals surface area contributed by atoms with Crippen molar-refractivity contribution in [2.24, 2.45) is 0 Å². The molecule has 2 rings (SSSR count). The Morgan fingerprint density at radius 3 is 2.56 bits per heavy atom. The normalized spacial score (nSPS) is 11.5. The number of aromatic carboxylic acids is 1. The number of hydrogen-bond acceptors (Lipinski definition) is 3. The van der Waals surface area contributed by atoms with Gasteiger partial charge in [0.2, 0.25) is 0 Å². The Hall–Kier alpha value is -2.17. The Morgan fingerprint density at radius 2 is 2.06 bits per heavy atom. The van der Waals surface area contributed by atoms with E-state index in [4.69, 9.17) is 0 Å². The molecule has 0 aliphatic heterocycles. The van der Waals surface area contributed by atoms with E-state index < -0.39 is 5.97 Å². The molecule has 0 fully saturated rings. The average Bonchev–Trinajstić information content (AvgIpc) is 2.74. The molecule has 0 unspecified atom stereocenters. The Kier molecular flexibility index (Phi) is 2.90. The van der Waals surface area contributed by atoms with Gasteiger partial charge in [-0.05, 0) is 32.9 Å². The molecule has 5 nitrogen and oxygen atoms in total. The predicted octanol–water partition coefficient (Wildman–Crippen LogP) is 2.40. The van der Waals surface area contributed by atoms with Gasteiger partial charge in [-0.25, -0.2) is 4.79 Å². The van der Waals surface area contributed by atoms with Gasteiger partial charge in [-0.15, -0.1) is 0 Å². The zero-order valence-electron chi connectivity index (χ0n) is 10.6. The molecular weight excluding hydrogens is 230 g/mol. The van der Waals surface area contributed by atoms with Gasteiger partial charge in [0.1, 0.15) is 11.3 Å². The fourth-order valence-electron chi connectivity index (χ4n) is 1.76. The lowest BCUT2D eigenvalue weighted by Gasteiger charge is -2.22. The maximum atomic E-state index is 11.3. The van der Waals surface area contributed by atoms with Gasteiger partial charge in [0.05, 0.1) is 17.4 Å². The van der Waals surface area contributed by atoms with Crippen molar-refractivity contribution in [3.8, 4) is 11.4 Å². The highest BCUT2D eigenvalue weighted by Gasteiger charge is 2.25. The van der Waals surface area contributed by atoms with Gasteiger partial charge in [0.25, 0.3) is 0 Å². The number of nitrogens with zero attached hydrogens (tertiary/aromatic N) is 3. The third kappa shape index (κ3) is 2.11. The smallest absolute Gasteiger partial charge is 0.339 e. The third-order valence-electron chi connectivity index (χ3n) is 2.54. The monoisotopic (exact) mass is 245 g/mol. The summed E-state index contributed by atoms with van der Waals surface area (Å²) in [6.07, 6.45) is 3.01. The SMILES string of the molecule is CC(C)(C)n1ncc(C(=O)O)c1-c1ccccn1. The molecule has 0 aliphatic rings. The minimum Gasteiger partial charge on any atom is -0.478 e. The summed E-state index contributed by atoms with van der Waals surface area (Å²) in [4.78, 5) is 15.5. The van der Waals surface area contributed by atoms with Crippen molar-refractivity contribution < 1.29 is 9.90 Å². The lowest BCUT2D eigenvalue weighted by molar-refractivity contribution is 0.0697. The summed E-state index contributed by atoms with van der Waals surface area (Å²) in [7, 11) is 0. The molecule has 0 radical (unpaired) electrons. The second kappa shape index (κ2) is 4.25. The van der Waals surface area contributed by atoms with Crippen LogP contribution in [0.5, 0.6) is 0 Å². The number of carboxylic acid groups (broad SMARTS) is 1. The van der Waals surface area contributed by atoms with Crippen molar-refractivity contribution in [3.05, 3.63) is 36.2 Å². The largest absolute Gasteiger partial charge is 0.478 e. The van der Waals surface area contributed by atoms with Crippen LogP contribution < -0.4 is 0 Å². The molecule has 94 valence electrons. The second-order valence-corrected chi connectivity index (χ2v) is 5.01. The summed E-state index contributed by atoms with van der Waals surface area (Å²) in [6.45, 7) is 5.91. The topological polar surface area (TPSA) is 68.0 Å². The van der Waals surface area contributed by atoms with Crippen molar-refractivity contribution in [3.63, 3.8) is 0 Å². The number of pyridine rings is 1. The van der Waals surface area contributed by atoms with E-state index >= 15 is 0 Å². The molecule has 18 heavy (non-hydrogen) atoms. The van der Waals surface area contributed by atoms with Crippen molar-refractivity contribution in [2.75, 3.05) is 0 Å². The van der Waals surface area contributed by atoms with Crippen molar-refractivity contribution in [1.82, 2.24) is 14.8 Å². The lowest BCUT2D eigenvalue weighted by atomic mass is 10.1. The van der Waals surface area contributed by atoms with E-state index in [1.54, 1.807) is 23.0 Å². The summed E-state index contributed by atoms with van der Waals surface area (Å²) in [5, 5.41) is 13.4. The van der Waals surface area contributed by atoms with Crippen LogP contribution in [-0.4, -0.2) is 25.8 Å². The molecule has 0 saturated heterocycles. The Bertz CT molecular complexity index is 568. The molecule has 2 aromatic heterocycles. The van der Waals surface area contributed by atoms with Gasteiger partial charge in [-0.3, -0.25) is 9.67 Å². The zero-order valence-corrected chi connectivity index (χ0v) is 10.6. The van der Waals surface area contributed by atoms with Crippen LogP contribution in [0.1, 0.15) is 31.1 Å². The molecule has 0 spiro atoms. The van der Waals surface area contributed by atoms with Crippen LogP contribution in [0.4, 0.5) is 0 Å². The van der Waals surface area contributed by atoms with E-state index in [2.05, 4.69) is 10.1 Å². The fourth-order valence-corrected chi connectivity index (χ4v) is 1.76. The summed E-state index contributed by atoms with van der Waals surface area (Å²) in [5.74, 6) is -0.994. The minimum absolute atomic E-state index is 0.170. The highest BCUT2D eigenvalue weighted by atomic mass is 16.4. The summed E-state index contributed by atoms with van der Waals surface area (Å²) in [6, 6.07) is 5.40. The van der Waals surface area contributed by atoms with Crippen molar-refractivity contribution >= 4 is 5.97 Å². The number of aromatic nitrogens is 3. The maximum absolute atomic E-state index is 11.3. The van der Waals surface area contributed by atoms with E-state index in [9.17, 15) is 9.90 Å². The third-order valence-corrected chi connectivity index (χ3v) is 2.54. The first-order valence-electron chi connectivity index (χ1n) is 5.64. The second-order valence-electron chi connectivity index (χ2n) is 5.01. The standard InChI is InChI=1S/C13H15N3O2/c1-13(2,3)16-11(9(8-15-16)12(17)18)10-6-4-5-7-14-10/h4-8H,1-3H3,(H,17,18). The van der Waals surface area contributed by atoms with Crippen LogP contribution in [-0.2, 0) is 5.54 Å². The molecule has 2 aromatic rings. The van der Waals surface area contributed by atoms with Gasteiger partial charge >= 0.3 is 5.97 Å². The number of carboxylic acids is 1. The molecule has 0 amide bonds. The number of carbonyl (C=O) groups is 1. The van der Waals surface area contributed by atoms with Crippen molar-refractivity contribution in [1.29, 1.82) is 0 Å². The number of hydrogen-bond donors (Lipinski definition) is 1. The molecular formula is C13H15N3O2. The summed E-state index contributed by atoms with van der Waals surface area (Å²) in [5.41, 5.74) is 1.02. The zero-order chi connectivity index (χ0) is 13.3. The summed E-state index contributed by atoms with van der Waals surface area (Å²) >= 11 is 0. The highest BCUT2D eigenvalue weighted by molar-refractivity contribution is 5.94. The Balaban J connectivity index is 2.70. The van der Waals surface area contributed by atoms with E-state index in [1.165, 1.54) is 6.20 Å². The van der Waals surface area contributed by atoms with Crippen LogP contribution in [0.15, 0.2) is 30.6 Å². The number of rotatable bonds is 2. The fraction of sp³-hybridized carbons (Fsp3) is 0.308. The van der Waals surface area contributed by atoms with E-state index in [1.807, 2.05) is 26.8 Å². The first kappa shape index (κ1) is 12.3. The van der Waals surface area contributed by atoms with Crippen LogP contribution in [0.3, 0.4) is 0 Å². The van der Waals surface area contributed by atoms with Gasteiger partial charge in [-0.2, -0.15) is 5.10 Å². The molecule has 0 aliphatic carbocycles. The van der Waals surface area contributed by atoms with Gasteiger partial charge in [0.15, 0.2) is 0 Å². The molecule has 0 aromatic carbocycles. The van der Waals surface area contributed by atoms with Crippen LogP contribution in [0, 0.1) is 0 Å². The Labute approximate surface area is 105 Å². The first-order chi connectivity index (χ1) is 8.41. The van der Waals surface area contributed by atoms with Gasteiger partial charge < -0.3 is 5.11 Å².